The van der Waals surface area contributed by atoms with E-state index < -0.39 is 10.0 Å². The highest BCUT2D eigenvalue weighted by atomic mass is 32.2. The van der Waals surface area contributed by atoms with E-state index in [2.05, 4.69) is 14.9 Å². The third-order valence-corrected chi connectivity index (χ3v) is 4.79. The lowest BCUT2D eigenvalue weighted by atomic mass is 10.3. The molecule has 26 heavy (non-hydrogen) atoms. The second kappa shape index (κ2) is 7.19. The number of sulfonamides is 1. The molecule has 0 saturated carbocycles. The molecule has 0 atom stereocenters. The second-order valence-electron chi connectivity index (χ2n) is 5.18. The monoisotopic (exact) mass is 370 g/mol. The van der Waals surface area contributed by atoms with E-state index in [1.54, 1.807) is 30.3 Å². The molecule has 3 aromatic rings. The maximum absolute atomic E-state index is 12.3. The SMILES string of the molecule is Nc1nccc(Oc2ccc(NS(=O)(=O)c3ccccc3)cc2)c1N=O. The van der Waals surface area contributed by atoms with Crippen molar-refractivity contribution in [3.63, 3.8) is 0 Å². The number of benzene rings is 2. The fourth-order valence-corrected chi connectivity index (χ4v) is 3.24. The van der Waals surface area contributed by atoms with Crippen LogP contribution in [0.25, 0.3) is 0 Å². The highest BCUT2D eigenvalue weighted by Crippen LogP contribution is 2.35. The number of hydrogen-bond acceptors (Lipinski definition) is 7. The Bertz CT molecular complexity index is 1020. The lowest BCUT2D eigenvalue weighted by molar-refractivity contribution is 0.483. The highest BCUT2D eigenvalue weighted by Gasteiger charge is 2.14. The summed E-state index contributed by atoms with van der Waals surface area (Å²) in [6, 6.07) is 15.7. The van der Waals surface area contributed by atoms with E-state index in [4.69, 9.17) is 10.5 Å². The molecule has 132 valence electrons. The Morgan fingerprint density at radius 3 is 2.35 bits per heavy atom. The molecule has 8 nitrogen and oxygen atoms in total. The molecule has 1 heterocycles. The zero-order valence-electron chi connectivity index (χ0n) is 13.4. The lowest BCUT2D eigenvalue weighted by Crippen LogP contribution is -2.12. The predicted octanol–water partition coefficient (Wildman–Crippen LogP) is 3.65. The molecule has 0 bridgehead atoms. The minimum absolute atomic E-state index is 0.0373. The summed E-state index contributed by atoms with van der Waals surface area (Å²) in [6.45, 7) is 0. The van der Waals surface area contributed by atoms with Gasteiger partial charge in [-0.05, 0) is 41.6 Å². The lowest BCUT2D eigenvalue weighted by Gasteiger charge is -2.10. The van der Waals surface area contributed by atoms with E-state index in [1.165, 1.54) is 36.5 Å². The van der Waals surface area contributed by atoms with Crippen LogP contribution in [0, 0.1) is 4.91 Å². The first-order valence-electron chi connectivity index (χ1n) is 7.43. The van der Waals surface area contributed by atoms with Crippen LogP contribution in [0.2, 0.25) is 0 Å². The first-order chi connectivity index (χ1) is 12.5. The largest absolute Gasteiger partial charge is 0.455 e. The van der Waals surface area contributed by atoms with Gasteiger partial charge in [0.25, 0.3) is 10.0 Å². The molecule has 3 rings (SSSR count). The van der Waals surface area contributed by atoms with Crippen LogP contribution < -0.4 is 15.2 Å². The van der Waals surface area contributed by atoms with Crippen molar-refractivity contribution in [3.8, 4) is 11.5 Å². The van der Waals surface area contributed by atoms with Gasteiger partial charge in [0.1, 0.15) is 5.75 Å². The van der Waals surface area contributed by atoms with Gasteiger partial charge in [-0.1, -0.05) is 18.2 Å². The van der Waals surface area contributed by atoms with E-state index >= 15 is 0 Å². The Kier molecular flexibility index (Phi) is 4.81. The van der Waals surface area contributed by atoms with Gasteiger partial charge in [0.2, 0.25) is 0 Å². The van der Waals surface area contributed by atoms with Crippen LogP contribution >= 0.6 is 0 Å². The molecule has 3 N–H and O–H groups in total. The molecule has 0 aliphatic rings. The minimum atomic E-state index is -3.67. The number of rotatable bonds is 6. The summed E-state index contributed by atoms with van der Waals surface area (Å²) in [7, 11) is -3.67. The van der Waals surface area contributed by atoms with Gasteiger partial charge in [-0.15, -0.1) is 4.91 Å². The Balaban J connectivity index is 1.77. The van der Waals surface area contributed by atoms with E-state index in [0.717, 1.165) is 0 Å². The summed E-state index contributed by atoms with van der Waals surface area (Å²) >= 11 is 0. The molecule has 0 fully saturated rings. The molecular formula is C17H14N4O4S. The number of pyridine rings is 1. The summed E-state index contributed by atoms with van der Waals surface area (Å²) in [5, 5.41) is 2.81. The first-order valence-corrected chi connectivity index (χ1v) is 8.91. The van der Waals surface area contributed by atoms with E-state index in [-0.39, 0.29) is 22.2 Å². The van der Waals surface area contributed by atoms with Crippen molar-refractivity contribution in [3.05, 3.63) is 71.8 Å². The normalized spacial score (nSPS) is 10.9. The Labute approximate surface area is 149 Å². The number of nitrogens with one attached hydrogen (secondary N) is 1. The van der Waals surface area contributed by atoms with Crippen molar-refractivity contribution >= 4 is 27.2 Å². The molecule has 0 aliphatic heterocycles. The summed E-state index contributed by atoms with van der Waals surface area (Å²) < 4.78 is 32.6. The maximum atomic E-state index is 12.3. The smallest absolute Gasteiger partial charge is 0.261 e. The first kappa shape index (κ1) is 17.4. The van der Waals surface area contributed by atoms with Crippen LogP contribution in [0.5, 0.6) is 11.5 Å². The Morgan fingerprint density at radius 2 is 1.69 bits per heavy atom. The molecule has 0 aliphatic carbocycles. The van der Waals surface area contributed by atoms with Crippen molar-refractivity contribution in [1.82, 2.24) is 4.98 Å². The van der Waals surface area contributed by atoms with E-state index in [0.29, 0.717) is 11.4 Å². The van der Waals surface area contributed by atoms with Crippen LogP contribution in [-0.2, 0) is 10.0 Å². The van der Waals surface area contributed by atoms with Crippen molar-refractivity contribution in [1.29, 1.82) is 0 Å². The standard InChI is InChI=1S/C17H14N4O4S/c18-17-16(20-22)15(10-11-19-17)25-13-8-6-12(7-9-13)21-26(23,24)14-4-2-1-3-5-14/h1-11,21H,(H2,18,19). The number of nitrogens with zero attached hydrogens (tertiary/aromatic N) is 2. The molecule has 0 saturated heterocycles. The fourth-order valence-electron chi connectivity index (χ4n) is 2.16. The van der Waals surface area contributed by atoms with Gasteiger partial charge in [-0.2, -0.15) is 0 Å². The fraction of sp³-hybridized carbons (Fsp3) is 0. The van der Waals surface area contributed by atoms with Gasteiger partial charge in [0.15, 0.2) is 17.3 Å². The number of nitrogen functional groups attached to an aromatic ring is 1. The third kappa shape index (κ3) is 3.78. The number of nitroso groups, excluding NO2 is 1. The summed E-state index contributed by atoms with van der Waals surface area (Å²) in [6.07, 6.45) is 1.39. The van der Waals surface area contributed by atoms with E-state index in [9.17, 15) is 13.3 Å². The highest BCUT2D eigenvalue weighted by molar-refractivity contribution is 7.92. The summed E-state index contributed by atoms with van der Waals surface area (Å²) in [5.74, 6) is 0.498. The van der Waals surface area contributed by atoms with Gasteiger partial charge in [0, 0.05) is 18.0 Å². The van der Waals surface area contributed by atoms with Crippen LogP contribution in [0.15, 0.2) is 76.9 Å². The Hall–Kier alpha value is -3.46. The molecule has 2 aromatic carbocycles. The maximum Gasteiger partial charge on any atom is 0.261 e. The molecule has 0 radical (unpaired) electrons. The van der Waals surface area contributed by atoms with Crippen molar-refractivity contribution in [2.45, 2.75) is 4.90 Å². The molecule has 0 spiro atoms. The quantitative estimate of drug-likeness (QED) is 0.638. The number of aromatic nitrogens is 1. The average molecular weight is 370 g/mol. The van der Waals surface area contributed by atoms with Crippen molar-refractivity contribution in [2.24, 2.45) is 5.18 Å². The van der Waals surface area contributed by atoms with Crippen LogP contribution in [0.1, 0.15) is 0 Å². The second-order valence-corrected chi connectivity index (χ2v) is 6.86. The molecule has 9 heteroatoms. The molecule has 0 amide bonds. The van der Waals surface area contributed by atoms with E-state index in [1.807, 2.05) is 0 Å². The van der Waals surface area contributed by atoms with Crippen LogP contribution in [-0.4, -0.2) is 13.4 Å². The molecular weight excluding hydrogens is 356 g/mol. The van der Waals surface area contributed by atoms with Crippen LogP contribution in [0.4, 0.5) is 17.2 Å². The minimum Gasteiger partial charge on any atom is -0.455 e. The van der Waals surface area contributed by atoms with Gasteiger partial charge >= 0.3 is 0 Å². The van der Waals surface area contributed by atoms with Gasteiger partial charge in [0.05, 0.1) is 4.90 Å². The van der Waals surface area contributed by atoms with Gasteiger partial charge in [-0.25, -0.2) is 13.4 Å². The molecule has 0 unspecified atom stereocenters. The average Bonchev–Trinajstić information content (AvgIpc) is 2.64. The Morgan fingerprint density at radius 1 is 1.00 bits per heavy atom. The van der Waals surface area contributed by atoms with Crippen molar-refractivity contribution < 1.29 is 13.2 Å². The topological polar surface area (TPSA) is 124 Å². The number of ether oxygens (including phenoxy) is 1. The third-order valence-electron chi connectivity index (χ3n) is 3.39. The van der Waals surface area contributed by atoms with Crippen molar-refractivity contribution in [2.75, 3.05) is 10.5 Å². The summed E-state index contributed by atoms with van der Waals surface area (Å²) in [4.78, 5) is 14.8. The number of hydrogen-bond donors (Lipinski definition) is 2. The zero-order chi connectivity index (χ0) is 18.6. The molecule has 1 aromatic heterocycles. The predicted molar refractivity (Wildman–Crippen MR) is 97.9 cm³/mol. The van der Waals surface area contributed by atoms with Crippen LogP contribution in [0.3, 0.4) is 0 Å². The zero-order valence-corrected chi connectivity index (χ0v) is 14.2. The summed E-state index contributed by atoms with van der Waals surface area (Å²) in [5.41, 5.74) is 5.84. The number of anilines is 2. The van der Waals surface area contributed by atoms with Gasteiger partial charge < -0.3 is 10.5 Å². The van der Waals surface area contributed by atoms with Gasteiger partial charge in [-0.3, -0.25) is 4.72 Å². The number of nitrogens with two attached hydrogens (primary N) is 1.